The Bertz CT molecular complexity index is 829. The molecular formula is C19H20FN3O. The number of H-pyrrole nitrogens is 1. The maximum atomic E-state index is 13.2. The van der Waals surface area contributed by atoms with E-state index in [0.29, 0.717) is 17.6 Å². The van der Waals surface area contributed by atoms with E-state index in [1.54, 1.807) is 12.1 Å². The molecule has 2 N–H and O–H groups in total. The summed E-state index contributed by atoms with van der Waals surface area (Å²) in [6.45, 7) is 1.43. The Morgan fingerprint density at radius 2 is 1.96 bits per heavy atom. The van der Waals surface area contributed by atoms with Crippen molar-refractivity contribution < 1.29 is 9.18 Å². The Morgan fingerprint density at radius 1 is 1.17 bits per heavy atom. The second-order valence-corrected chi connectivity index (χ2v) is 5.78. The van der Waals surface area contributed by atoms with Gasteiger partial charge in [0.25, 0.3) is 5.91 Å². The second kappa shape index (κ2) is 7.17. The fourth-order valence-corrected chi connectivity index (χ4v) is 2.65. The molecule has 0 fully saturated rings. The number of fused-ring (bicyclic) bond motifs is 1. The van der Waals surface area contributed by atoms with Crippen molar-refractivity contribution in [2.75, 3.05) is 25.0 Å². The van der Waals surface area contributed by atoms with Gasteiger partial charge >= 0.3 is 0 Å². The average molecular weight is 325 g/mol. The van der Waals surface area contributed by atoms with Gasteiger partial charge in [-0.3, -0.25) is 4.79 Å². The molecule has 1 aromatic heterocycles. The van der Waals surface area contributed by atoms with Gasteiger partial charge in [-0.05, 0) is 42.8 Å². The summed E-state index contributed by atoms with van der Waals surface area (Å²) in [4.78, 5) is 17.3. The number of rotatable bonds is 6. The first-order chi connectivity index (χ1) is 11.6. The number of benzene rings is 2. The van der Waals surface area contributed by atoms with Crippen molar-refractivity contribution in [3.63, 3.8) is 0 Å². The third-order valence-corrected chi connectivity index (χ3v) is 3.98. The van der Waals surface area contributed by atoms with Gasteiger partial charge in [0, 0.05) is 36.7 Å². The minimum Gasteiger partial charge on any atom is -0.375 e. The van der Waals surface area contributed by atoms with Crippen LogP contribution in [-0.2, 0) is 0 Å². The molecule has 4 nitrogen and oxygen atoms in total. The van der Waals surface area contributed by atoms with E-state index >= 15 is 0 Å². The van der Waals surface area contributed by atoms with E-state index in [-0.39, 0.29) is 11.7 Å². The molecule has 0 atom stereocenters. The van der Waals surface area contributed by atoms with Crippen LogP contribution in [0.4, 0.5) is 10.1 Å². The van der Waals surface area contributed by atoms with Crippen molar-refractivity contribution >= 4 is 22.5 Å². The maximum Gasteiger partial charge on any atom is 0.267 e. The van der Waals surface area contributed by atoms with E-state index in [1.165, 1.54) is 12.1 Å². The lowest BCUT2D eigenvalue weighted by Gasteiger charge is -2.19. The fraction of sp³-hybridized carbons (Fsp3) is 0.211. The van der Waals surface area contributed by atoms with Gasteiger partial charge in [0.05, 0.1) is 0 Å². The van der Waals surface area contributed by atoms with Crippen LogP contribution in [0.2, 0.25) is 0 Å². The average Bonchev–Trinajstić information content (AvgIpc) is 3.02. The van der Waals surface area contributed by atoms with E-state index in [4.69, 9.17) is 0 Å². The number of hydrogen-bond acceptors (Lipinski definition) is 2. The highest BCUT2D eigenvalue weighted by Gasteiger charge is 2.09. The number of aromatic amines is 1. The summed E-state index contributed by atoms with van der Waals surface area (Å²) in [5, 5.41) is 3.59. The van der Waals surface area contributed by atoms with Crippen LogP contribution < -0.4 is 10.2 Å². The molecule has 0 spiro atoms. The Kier molecular flexibility index (Phi) is 4.79. The quantitative estimate of drug-likeness (QED) is 0.681. The molecule has 0 bridgehead atoms. The van der Waals surface area contributed by atoms with Crippen molar-refractivity contribution in [1.82, 2.24) is 10.3 Å². The molecule has 0 aliphatic rings. The first kappa shape index (κ1) is 16.1. The Hall–Kier alpha value is -2.82. The van der Waals surface area contributed by atoms with Crippen LogP contribution in [0, 0.1) is 5.82 Å². The zero-order valence-corrected chi connectivity index (χ0v) is 13.6. The van der Waals surface area contributed by atoms with Crippen LogP contribution in [0.3, 0.4) is 0 Å². The van der Waals surface area contributed by atoms with Crippen molar-refractivity contribution in [3.8, 4) is 0 Å². The number of anilines is 1. The molecule has 5 heteroatoms. The van der Waals surface area contributed by atoms with Gasteiger partial charge < -0.3 is 15.2 Å². The molecule has 3 aromatic rings. The van der Waals surface area contributed by atoms with Gasteiger partial charge in [-0.25, -0.2) is 4.39 Å². The van der Waals surface area contributed by atoms with E-state index in [1.807, 2.05) is 25.2 Å². The number of halogens is 1. The van der Waals surface area contributed by atoms with E-state index < -0.39 is 0 Å². The summed E-state index contributed by atoms with van der Waals surface area (Å²) in [6.07, 6.45) is 0.839. The number of carbonyl (C=O) groups is 1. The molecule has 2 aromatic carbocycles. The van der Waals surface area contributed by atoms with Crippen molar-refractivity contribution in [3.05, 3.63) is 66.1 Å². The minimum atomic E-state index is -0.308. The number of aromatic nitrogens is 1. The second-order valence-electron chi connectivity index (χ2n) is 5.78. The zero-order valence-electron chi connectivity index (χ0n) is 13.6. The number of para-hydroxylation sites is 1. The van der Waals surface area contributed by atoms with Gasteiger partial charge in [-0.1, -0.05) is 18.2 Å². The number of nitrogens with one attached hydrogen (secondary N) is 2. The fourth-order valence-electron chi connectivity index (χ4n) is 2.65. The Balaban J connectivity index is 1.50. The molecule has 0 saturated carbocycles. The summed E-state index contributed by atoms with van der Waals surface area (Å²) in [5.41, 5.74) is 2.36. The van der Waals surface area contributed by atoms with Crippen LogP contribution in [0.1, 0.15) is 16.9 Å². The molecule has 3 rings (SSSR count). The highest BCUT2D eigenvalue weighted by molar-refractivity contribution is 5.97. The zero-order chi connectivity index (χ0) is 16.9. The van der Waals surface area contributed by atoms with E-state index in [9.17, 15) is 9.18 Å². The lowest BCUT2D eigenvalue weighted by Crippen LogP contribution is -2.28. The standard InChI is InChI=1S/C19H20FN3O/c1-23(16-6-3-2-4-7-16)11-5-10-21-19(24)18-13-14-12-15(20)8-9-17(14)22-18/h2-4,6-9,12-13,22H,5,10-11H2,1H3,(H,21,24). The van der Waals surface area contributed by atoms with Crippen LogP contribution >= 0.6 is 0 Å². The molecule has 124 valence electrons. The van der Waals surface area contributed by atoms with Crippen LogP contribution in [0.15, 0.2) is 54.6 Å². The lowest BCUT2D eigenvalue weighted by atomic mass is 10.2. The van der Waals surface area contributed by atoms with Gasteiger partial charge in [0.15, 0.2) is 0 Å². The maximum absolute atomic E-state index is 13.2. The van der Waals surface area contributed by atoms with Gasteiger partial charge in [0.2, 0.25) is 0 Å². The van der Waals surface area contributed by atoms with Crippen LogP contribution in [0.5, 0.6) is 0 Å². The number of hydrogen-bond donors (Lipinski definition) is 2. The molecular weight excluding hydrogens is 305 g/mol. The van der Waals surface area contributed by atoms with Crippen LogP contribution in [0.25, 0.3) is 10.9 Å². The molecule has 0 radical (unpaired) electrons. The third-order valence-electron chi connectivity index (χ3n) is 3.98. The molecule has 0 aliphatic heterocycles. The molecule has 0 aliphatic carbocycles. The third kappa shape index (κ3) is 3.74. The van der Waals surface area contributed by atoms with Crippen molar-refractivity contribution in [2.45, 2.75) is 6.42 Å². The SMILES string of the molecule is CN(CCCNC(=O)c1cc2cc(F)ccc2[nH]1)c1ccccc1. The first-order valence-corrected chi connectivity index (χ1v) is 7.96. The predicted molar refractivity (Wildman–Crippen MR) is 94.9 cm³/mol. The predicted octanol–water partition coefficient (Wildman–Crippen LogP) is 3.56. The first-order valence-electron chi connectivity index (χ1n) is 7.96. The number of amides is 1. The lowest BCUT2D eigenvalue weighted by molar-refractivity contribution is 0.0949. The number of carbonyl (C=O) groups excluding carboxylic acids is 1. The molecule has 0 saturated heterocycles. The van der Waals surface area contributed by atoms with Crippen molar-refractivity contribution in [1.29, 1.82) is 0 Å². The smallest absolute Gasteiger partial charge is 0.267 e. The van der Waals surface area contributed by atoms with Gasteiger partial charge in [-0.2, -0.15) is 0 Å². The summed E-state index contributed by atoms with van der Waals surface area (Å²) < 4.78 is 13.2. The summed E-state index contributed by atoms with van der Waals surface area (Å²) in [6, 6.07) is 16.2. The highest BCUT2D eigenvalue weighted by Crippen LogP contribution is 2.16. The van der Waals surface area contributed by atoms with Gasteiger partial charge in [-0.15, -0.1) is 0 Å². The topological polar surface area (TPSA) is 48.1 Å². The normalized spacial score (nSPS) is 10.8. The molecule has 24 heavy (non-hydrogen) atoms. The minimum absolute atomic E-state index is 0.172. The summed E-state index contributed by atoms with van der Waals surface area (Å²) in [7, 11) is 2.03. The molecule has 1 amide bonds. The summed E-state index contributed by atoms with van der Waals surface area (Å²) >= 11 is 0. The van der Waals surface area contributed by atoms with Crippen LogP contribution in [-0.4, -0.2) is 31.0 Å². The monoisotopic (exact) mass is 325 g/mol. The highest BCUT2D eigenvalue weighted by atomic mass is 19.1. The molecule has 1 heterocycles. The Morgan fingerprint density at radius 3 is 2.75 bits per heavy atom. The summed E-state index contributed by atoms with van der Waals surface area (Å²) in [5.74, 6) is -0.480. The van der Waals surface area contributed by atoms with E-state index in [2.05, 4.69) is 27.3 Å². The van der Waals surface area contributed by atoms with Crippen molar-refractivity contribution in [2.24, 2.45) is 0 Å². The van der Waals surface area contributed by atoms with Gasteiger partial charge in [0.1, 0.15) is 11.5 Å². The molecule has 0 unspecified atom stereocenters. The largest absolute Gasteiger partial charge is 0.375 e. The van der Waals surface area contributed by atoms with E-state index in [0.717, 1.165) is 24.2 Å². The Labute approximate surface area is 140 Å². The number of nitrogens with zero attached hydrogens (tertiary/aromatic N) is 1.